The number of fused-ring (bicyclic) bond motifs is 3. The van der Waals surface area contributed by atoms with Crippen molar-refractivity contribution in [2.45, 2.75) is 69.2 Å². The minimum absolute atomic E-state index is 0.00138. The molecule has 1 aromatic carbocycles. The lowest BCUT2D eigenvalue weighted by atomic mass is 9.58. The topological polar surface area (TPSA) is 173 Å². The van der Waals surface area contributed by atoms with Crippen molar-refractivity contribution >= 4 is 17.5 Å². The number of amides is 1. The number of nitrogens with one attached hydrogen (secondary N) is 1. The lowest BCUT2D eigenvalue weighted by Crippen LogP contribution is -2.63. The van der Waals surface area contributed by atoms with Gasteiger partial charge in [0.1, 0.15) is 28.7 Å². The molecule has 0 bridgehead atoms. The summed E-state index contributed by atoms with van der Waals surface area (Å²) in [4.78, 5) is 40.5. The average Bonchev–Trinajstić information content (AvgIpc) is 3.28. The van der Waals surface area contributed by atoms with Crippen molar-refractivity contribution in [3.8, 4) is 5.75 Å². The highest BCUT2D eigenvalue weighted by molar-refractivity contribution is 6.24. The Morgan fingerprint density at radius 3 is 2.44 bits per heavy atom. The first-order chi connectivity index (χ1) is 18.2. The first-order valence-corrected chi connectivity index (χ1v) is 13.2. The maximum Gasteiger partial charge on any atom is 0.255 e. The Morgan fingerprint density at radius 2 is 1.85 bits per heavy atom. The van der Waals surface area contributed by atoms with Crippen LogP contribution in [0.25, 0.3) is 0 Å². The zero-order valence-electron chi connectivity index (χ0n) is 22.2. The van der Waals surface area contributed by atoms with E-state index in [1.165, 1.54) is 11.0 Å². The highest BCUT2D eigenvalue weighted by Crippen LogP contribution is 2.52. The fourth-order valence-corrected chi connectivity index (χ4v) is 7.12. The molecule has 0 aliphatic heterocycles. The molecule has 1 amide bonds. The molecule has 10 nitrogen and oxygen atoms in total. The molecule has 4 aliphatic carbocycles. The van der Waals surface area contributed by atoms with Crippen LogP contribution in [-0.2, 0) is 22.6 Å². The number of likely N-dealkylation sites (N-methyl/N-ethyl adjacent to an activating group) is 1. The molecule has 0 heterocycles. The minimum Gasteiger partial charge on any atom is -0.510 e. The van der Waals surface area contributed by atoms with Crippen molar-refractivity contribution in [2.75, 3.05) is 14.1 Å². The molecular formula is C28H34FN3O7. The van der Waals surface area contributed by atoms with E-state index in [0.717, 1.165) is 25.7 Å². The Morgan fingerprint density at radius 1 is 1.21 bits per heavy atom. The van der Waals surface area contributed by atoms with Gasteiger partial charge in [-0.05, 0) is 58.7 Å². The Bertz CT molecular complexity index is 1360. The Kier molecular flexibility index (Phi) is 6.40. The Hall–Kier alpha value is -3.28. The van der Waals surface area contributed by atoms with Crippen LogP contribution in [0.2, 0.25) is 0 Å². The second-order valence-electron chi connectivity index (χ2n) is 11.8. The average molecular weight is 544 g/mol. The molecule has 4 aliphatic rings. The van der Waals surface area contributed by atoms with Gasteiger partial charge in [-0.15, -0.1) is 0 Å². The van der Waals surface area contributed by atoms with Crippen molar-refractivity contribution in [3.05, 3.63) is 51.2 Å². The fraction of sp³-hybridized carbons (Fsp3) is 0.536. The quantitative estimate of drug-likeness (QED) is 0.302. The predicted molar refractivity (Wildman–Crippen MR) is 137 cm³/mol. The van der Waals surface area contributed by atoms with Crippen LogP contribution < -0.4 is 11.1 Å². The number of Topliss-reactive ketones (excluding diaryl/α,β-unsaturated/α-hetero) is 2. The lowest BCUT2D eigenvalue weighted by Gasteiger charge is -2.50. The van der Waals surface area contributed by atoms with Crippen LogP contribution in [0.3, 0.4) is 0 Å². The van der Waals surface area contributed by atoms with Gasteiger partial charge >= 0.3 is 0 Å². The van der Waals surface area contributed by atoms with Crippen LogP contribution in [0.5, 0.6) is 5.75 Å². The third kappa shape index (κ3) is 3.89. The van der Waals surface area contributed by atoms with Gasteiger partial charge in [-0.3, -0.25) is 19.3 Å². The number of hydrogen-bond donors (Lipinski definition) is 6. The smallest absolute Gasteiger partial charge is 0.255 e. The molecule has 0 saturated heterocycles. The Balaban J connectivity index is 1.60. The maximum atomic E-state index is 15.8. The number of ketones is 2. The van der Waals surface area contributed by atoms with Gasteiger partial charge in [0.25, 0.3) is 5.91 Å². The molecule has 1 aromatic rings. The number of benzene rings is 1. The lowest BCUT2D eigenvalue weighted by molar-refractivity contribution is -0.148. The van der Waals surface area contributed by atoms with E-state index in [1.54, 1.807) is 14.1 Å². The maximum absolute atomic E-state index is 15.8. The summed E-state index contributed by atoms with van der Waals surface area (Å²) in [7, 11) is 3.10. The summed E-state index contributed by atoms with van der Waals surface area (Å²) in [6, 6.07) is 0.0893. The van der Waals surface area contributed by atoms with Gasteiger partial charge in [-0.25, -0.2) is 4.39 Å². The van der Waals surface area contributed by atoms with E-state index < -0.39 is 69.6 Å². The van der Waals surface area contributed by atoms with Gasteiger partial charge in [0.15, 0.2) is 11.4 Å². The van der Waals surface area contributed by atoms with Crippen molar-refractivity contribution in [2.24, 2.45) is 17.6 Å². The number of nitrogens with zero attached hydrogens (tertiary/aromatic N) is 1. The number of aliphatic hydroxyl groups excluding tert-OH is 2. The number of phenolic OH excluding ortho intramolecular Hbond substituents is 1. The van der Waals surface area contributed by atoms with Crippen LogP contribution in [0.4, 0.5) is 4.39 Å². The summed E-state index contributed by atoms with van der Waals surface area (Å²) >= 11 is 0. The number of allylic oxidation sites excluding steroid dienone is 1. The van der Waals surface area contributed by atoms with Gasteiger partial charge in [0.05, 0.1) is 11.6 Å². The molecule has 11 heteroatoms. The molecule has 0 spiro atoms. The van der Waals surface area contributed by atoms with Gasteiger partial charge < -0.3 is 31.5 Å². The molecule has 4 atom stereocenters. The molecule has 1 fully saturated rings. The minimum atomic E-state index is -2.72. The summed E-state index contributed by atoms with van der Waals surface area (Å²) in [5.41, 5.74) is 1.17. The molecule has 0 radical (unpaired) electrons. The van der Waals surface area contributed by atoms with Crippen LogP contribution in [0.15, 0.2) is 28.7 Å². The van der Waals surface area contributed by atoms with Crippen molar-refractivity contribution in [1.29, 1.82) is 0 Å². The van der Waals surface area contributed by atoms with Gasteiger partial charge in [-0.2, -0.15) is 0 Å². The van der Waals surface area contributed by atoms with E-state index >= 15 is 4.39 Å². The standard InChI is InChI=1S/C28H34FN3O7/c1-27(6-4-5-7-27)31-11-13-10-16(33)18-14(20(13)29)8-12-9-15-21(32(2)3)23(35)19(26(30)38)25(37)28(15,39)24(36)17(12)22(18)34/h10,12,15,21,31,33,35-36,39H,4-9,11H2,1-3H3,(H2,30,38)/t12-,15-,21-,28-/m0/s1. The number of phenols is 1. The summed E-state index contributed by atoms with van der Waals surface area (Å²) in [5.74, 6) is -8.20. The van der Waals surface area contributed by atoms with Gasteiger partial charge in [0.2, 0.25) is 5.78 Å². The second-order valence-corrected chi connectivity index (χ2v) is 11.8. The third-order valence-corrected chi connectivity index (χ3v) is 9.14. The number of rotatable bonds is 5. The molecule has 0 unspecified atom stereocenters. The molecule has 5 rings (SSSR count). The summed E-state index contributed by atoms with van der Waals surface area (Å²) in [5, 5.41) is 47.9. The molecular weight excluding hydrogens is 509 g/mol. The van der Waals surface area contributed by atoms with E-state index in [0.29, 0.717) is 0 Å². The number of carbonyl (C=O) groups is 3. The fourth-order valence-electron chi connectivity index (χ4n) is 7.12. The second kappa shape index (κ2) is 9.14. The highest BCUT2D eigenvalue weighted by atomic mass is 19.1. The number of halogens is 1. The van der Waals surface area contributed by atoms with Crippen LogP contribution in [0, 0.1) is 17.7 Å². The van der Waals surface area contributed by atoms with E-state index in [-0.39, 0.29) is 47.2 Å². The first kappa shape index (κ1) is 27.3. The van der Waals surface area contributed by atoms with Crippen LogP contribution in [-0.4, -0.2) is 74.1 Å². The molecule has 7 N–H and O–H groups in total. The molecule has 210 valence electrons. The number of aliphatic hydroxyl groups is 3. The van der Waals surface area contributed by atoms with Crippen LogP contribution in [0.1, 0.15) is 60.5 Å². The SMILES string of the molecule is CN(C)[C@@H]1C(O)=C(C(N)=O)C(=O)[C@@]2(O)C(O)=C3C(=O)c4c(O)cc(CNC5(C)CCCC5)c(F)c4C[C@H]3C[C@@H]12. The Labute approximate surface area is 225 Å². The number of aromatic hydroxyl groups is 1. The van der Waals surface area contributed by atoms with Crippen molar-refractivity contribution in [1.82, 2.24) is 10.2 Å². The zero-order valence-corrected chi connectivity index (χ0v) is 22.2. The van der Waals surface area contributed by atoms with E-state index in [1.807, 2.05) is 0 Å². The normalized spacial score (nSPS) is 29.9. The molecule has 0 aromatic heterocycles. The van der Waals surface area contributed by atoms with E-state index in [4.69, 9.17) is 5.73 Å². The summed E-state index contributed by atoms with van der Waals surface area (Å²) in [6.45, 7) is 2.23. The van der Waals surface area contributed by atoms with Crippen molar-refractivity contribution in [3.63, 3.8) is 0 Å². The summed E-state index contributed by atoms with van der Waals surface area (Å²) in [6.07, 6.45) is 3.88. The van der Waals surface area contributed by atoms with Crippen molar-refractivity contribution < 1.29 is 39.2 Å². The molecule has 1 saturated carbocycles. The monoisotopic (exact) mass is 543 g/mol. The number of primary amides is 1. The number of nitrogens with two attached hydrogens (primary N) is 1. The van der Waals surface area contributed by atoms with E-state index in [9.17, 15) is 34.8 Å². The van der Waals surface area contributed by atoms with Gasteiger partial charge in [-0.1, -0.05) is 12.8 Å². The number of hydrogen-bond acceptors (Lipinski definition) is 9. The first-order valence-electron chi connectivity index (χ1n) is 13.2. The summed E-state index contributed by atoms with van der Waals surface area (Å²) < 4.78 is 15.8. The highest BCUT2D eigenvalue weighted by Gasteiger charge is 2.63. The van der Waals surface area contributed by atoms with Gasteiger partial charge in [0, 0.05) is 34.7 Å². The number of carbonyl (C=O) groups excluding carboxylic acids is 3. The largest absolute Gasteiger partial charge is 0.510 e. The molecule has 39 heavy (non-hydrogen) atoms. The predicted octanol–water partition coefficient (Wildman–Crippen LogP) is 1.68. The zero-order chi connectivity index (χ0) is 28.6. The third-order valence-electron chi connectivity index (χ3n) is 9.14. The van der Waals surface area contributed by atoms with E-state index in [2.05, 4.69) is 12.2 Å². The van der Waals surface area contributed by atoms with Crippen LogP contribution >= 0.6 is 0 Å².